The van der Waals surface area contributed by atoms with Crippen molar-refractivity contribution in [3.05, 3.63) is 33.6 Å². The number of aromatic nitrogens is 3. The number of anilines is 2. The van der Waals surface area contributed by atoms with Crippen LogP contribution in [0.15, 0.2) is 12.1 Å². The second-order valence-electron chi connectivity index (χ2n) is 4.75. The van der Waals surface area contributed by atoms with Crippen molar-refractivity contribution >= 4 is 23.6 Å². The summed E-state index contributed by atoms with van der Waals surface area (Å²) < 4.78 is 15.4. The molecule has 12 nitrogen and oxygen atoms in total. The van der Waals surface area contributed by atoms with Crippen LogP contribution < -0.4 is 20.9 Å². The van der Waals surface area contributed by atoms with Crippen molar-refractivity contribution in [2.24, 2.45) is 0 Å². The molecule has 0 spiro atoms. The molecule has 0 fully saturated rings. The average molecular weight is 364 g/mol. The highest BCUT2D eigenvalue weighted by atomic mass is 16.6. The third-order valence-electron chi connectivity index (χ3n) is 3.05. The first-order valence-corrected chi connectivity index (χ1v) is 7.28. The maximum Gasteiger partial charge on any atom is 0.345 e. The molecule has 0 radical (unpaired) electrons. The molecule has 0 saturated heterocycles. The SMILES string of the molecule is CCOc1cc([N+](=O)[O-])c(C(=O)OCc2nc(N)nc(N)n2)cc1OC. The van der Waals surface area contributed by atoms with Crippen molar-refractivity contribution in [2.75, 3.05) is 25.2 Å². The number of hydrogen-bond donors (Lipinski definition) is 2. The molecule has 1 aromatic carbocycles. The van der Waals surface area contributed by atoms with E-state index in [0.717, 1.165) is 6.07 Å². The predicted octanol–water partition coefficient (Wildman–Crippen LogP) is 0.708. The normalized spacial score (nSPS) is 10.2. The number of carbonyl (C=O) groups is 1. The number of ether oxygens (including phenoxy) is 3. The maximum absolute atomic E-state index is 12.3. The zero-order valence-corrected chi connectivity index (χ0v) is 14.0. The quantitative estimate of drug-likeness (QED) is 0.401. The van der Waals surface area contributed by atoms with Crippen LogP contribution in [0.1, 0.15) is 23.1 Å². The summed E-state index contributed by atoms with van der Waals surface area (Å²) in [5, 5.41) is 11.3. The molecule has 4 N–H and O–H groups in total. The largest absolute Gasteiger partial charge is 0.493 e. The molecule has 0 unspecified atom stereocenters. The van der Waals surface area contributed by atoms with Gasteiger partial charge in [-0.1, -0.05) is 0 Å². The number of rotatable bonds is 7. The van der Waals surface area contributed by atoms with Crippen LogP contribution in [-0.2, 0) is 11.3 Å². The molecule has 26 heavy (non-hydrogen) atoms. The summed E-state index contributed by atoms with van der Waals surface area (Å²) in [6.07, 6.45) is 0. The molecule has 0 aliphatic rings. The number of methoxy groups -OCH3 is 1. The summed E-state index contributed by atoms with van der Waals surface area (Å²) in [7, 11) is 1.34. The van der Waals surface area contributed by atoms with Crippen molar-refractivity contribution in [2.45, 2.75) is 13.5 Å². The van der Waals surface area contributed by atoms with E-state index in [1.54, 1.807) is 6.92 Å². The number of nitro benzene ring substituents is 1. The smallest absolute Gasteiger partial charge is 0.345 e. The number of nitrogens with zero attached hydrogens (tertiary/aromatic N) is 4. The Kier molecular flexibility index (Phi) is 5.67. The molecule has 2 aromatic rings. The molecule has 0 bridgehead atoms. The zero-order chi connectivity index (χ0) is 19.3. The molecule has 2 rings (SSSR count). The summed E-state index contributed by atoms with van der Waals surface area (Å²) >= 11 is 0. The lowest BCUT2D eigenvalue weighted by Crippen LogP contribution is -2.12. The molecule has 12 heteroatoms. The van der Waals surface area contributed by atoms with E-state index in [1.165, 1.54) is 13.2 Å². The van der Waals surface area contributed by atoms with Gasteiger partial charge in [0.1, 0.15) is 5.56 Å². The number of nitrogens with two attached hydrogens (primary N) is 2. The monoisotopic (exact) mass is 364 g/mol. The van der Waals surface area contributed by atoms with Gasteiger partial charge in [0.2, 0.25) is 11.9 Å². The van der Waals surface area contributed by atoms with Gasteiger partial charge in [-0.25, -0.2) is 4.79 Å². The van der Waals surface area contributed by atoms with Gasteiger partial charge >= 0.3 is 5.97 Å². The van der Waals surface area contributed by atoms with Crippen molar-refractivity contribution in [1.82, 2.24) is 15.0 Å². The van der Waals surface area contributed by atoms with Gasteiger partial charge in [-0.3, -0.25) is 10.1 Å². The second kappa shape index (κ2) is 7.92. The van der Waals surface area contributed by atoms with Crippen LogP contribution in [0.4, 0.5) is 17.6 Å². The van der Waals surface area contributed by atoms with Gasteiger partial charge in [-0.15, -0.1) is 0 Å². The lowest BCUT2D eigenvalue weighted by Gasteiger charge is -2.11. The van der Waals surface area contributed by atoms with Crippen LogP contribution in [0.2, 0.25) is 0 Å². The van der Waals surface area contributed by atoms with Crippen LogP contribution in [0, 0.1) is 10.1 Å². The Labute approximate surface area is 147 Å². The number of hydrogen-bond acceptors (Lipinski definition) is 11. The number of nitro groups is 1. The summed E-state index contributed by atoms with van der Waals surface area (Å²) in [5.74, 6) is -0.969. The summed E-state index contributed by atoms with van der Waals surface area (Å²) in [4.78, 5) is 33.9. The van der Waals surface area contributed by atoms with Crippen LogP contribution in [-0.4, -0.2) is 39.6 Å². The van der Waals surface area contributed by atoms with Crippen molar-refractivity contribution in [3.63, 3.8) is 0 Å². The molecule has 0 aliphatic carbocycles. The standard InChI is InChI=1S/C14H16N6O6/c1-3-25-10-5-8(20(22)23)7(4-9(10)24-2)12(21)26-6-11-17-13(15)19-14(16)18-11/h4-5H,3,6H2,1-2H3,(H4,15,16,17,18,19). The van der Waals surface area contributed by atoms with Gasteiger partial charge in [-0.2, -0.15) is 15.0 Å². The molecule has 0 aliphatic heterocycles. The first-order valence-electron chi connectivity index (χ1n) is 7.28. The fraction of sp³-hybridized carbons (Fsp3) is 0.286. The van der Waals surface area contributed by atoms with Gasteiger partial charge in [0.15, 0.2) is 23.9 Å². The van der Waals surface area contributed by atoms with Gasteiger partial charge in [0.05, 0.1) is 24.7 Å². The molecule has 0 atom stereocenters. The third kappa shape index (κ3) is 4.23. The minimum absolute atomic E-state index is 0.00362. The fourth-order valence-electron chi connectivity index (χ4n) is 2.02. The fourth-order valence-corrected chi connectivity index (χ4v) is 2.02. The molecule has 0 saturated carbocycles. The van der Waals surface area contributed by atoms with Crippen LogP contribution in [0.5, 0.6) is 11.5 Å². The number of carbonyl (C=O) groups excluding carboxylic acids is 1. The highest BCUT2D eigenvalue weighted by Gasteiger charge is 2.26. The van der Waals surface area contributed by atoms with Crippen LogP contribution in [0.3, 0.4) is 0 Å². The zero-order valence-electron chi connectivity index (χ0n) is 14.0. The van der Waals surface area contributed by atoms with E-state index in [2.05, 4.69) is 15.0 Å². The van der Waals surface area contributed by atoms with Crippen LogP contribution in [0.25, 0.3) is 0 Å². The Morgan fingerprint density at radius 3 is 2.38 bits per heavy atom. The Bertz CT molecular complexity index is 823. The van der Waals surface area contributed by atoms with E-state index in [1.807, 2.05) is 0 Å². The first kappa shape index (κ1) is 18.6. The van der Waals surface area contributed by atoms with Crippen LogP contribution >= 0.6 is 0 Å². The van der Waals surface area contributed by atoms with E-state index in [-0.39, 0.29) is 41.4 Å². The molecular weight excluding hydrogens is 348 g/mol. The molecule has 1 heterocycles. The molecule has 1 aromatic heterocycles. The third-order valence-corrected chi connectivity index (χ3v) is 3.05. The molecular formula is C14H16N6O6. The van der Waals surface area contributed by atoms with Crippen molar-refractivity contribution in [1.29, 1.82) is 0 Å². The highest BCUT2D eigenvalue weighted by molar-refractivity contribution is 5.95. The second-order valence-corrected chi connectivity index (χ2v) is 4.75. The lowest BCUT2D eigenvalue weighted by molar-refractivity contribution is -0.385. The molecule has 138 valence electrons. The van der Waals surface area contributed by atoms with Crippen molar-refractivity contribution < 1.29 is 23.9 Å². The van der Waals surface area contributed by atoms with E-state index in [0.29, 0.717) is 0 Å². The Hall–Kier alpha value is -3.70. The lowest BCUT2D eigenvalue weighted by atomic mass is 10.1. The predicted molar refractivity (Wildman–Crippen MR) is 88.6 cm³/mol. The number of nitrogen functional groups attached to an aromatic ring is 2. The van der Waals surface area contributed by atoms with E-state index >= 15 is 0 Å². The topological polar surface area (TPSA) is 179 Å². The van der Waals surface area contributed by atoms with Crippen molar-refractivity contribution in [3.8, 4) is 11.5 Å². The average Bonchev–Trinajstić information content (AvgIpc) is 2.58. The minimum atomic E-state index is -0.976. The van der Waals surface area contributed by atoms with Gasteiger partial charge in [-0.05, 0) is 6.92 Å². The van der Waals surface area contributed by atoms with Gasteiger partial charge in [0.25, 0.3) is 5.69 Å². The summed E-state index contributed by atoms with van der Waals surface area (Å²) in [6.45, 7) is 1.57. The minimum Gasteiger partial charge on any atom is -0.493 e. The Balaban J connectivity index is 2.30. The molecule has 0 amide bonds. The Morgan fingerprint density at radius 2 is 1.85 bits per heavy atom. The van der Waals surface area contributed by atoms with E-state index in [9.17, 15) is 14.9 Å². The van der Waals surface area contributed by atoms with E-state index < -0.39 is 23.2 Å². The number of esters is 1. The van der Waals surface area contributed by atoms with E-state index in [4.69, 9.17) is 25.7 Å². The first-order chi connectivity index (χ1) is 12.3. The summed E-state index contributed by atoms with van der Waals surface area (Å²) in [5.41, 5.74) is 10.0. The summed E-state index contributed by atoms with van der Waals surface area (Å²) in [6, 6.07) is 2.26. The number of benzene rings is 1. The maximum atomic E-state index is 12.3. The van der Waals surface area contributed by atoms with Gasteiger partial charge < -0.3 is 25.7 Å². The highest BCUT2D eigenvalue weighted by Crippen LogP contribution is 2.35. The van der Waals surface area contributed by atoms with Gasteiger partial charge in [0, 0.05) is 6.07 Å². The Morgan fingerprint density at radius 1 is 1.19 bits per heavy atom.